The maximum atomic E-state index is 7.07. The van der Waals surface area contributed by atoms with Gasteiger partial charge in [0, 0.05) is 50.2 Å². The van der Waals surface area contributed by atoms with Crippen molar-refractivity contribution in [2.45, 2.75) is 78.6 Å². The Labute approximate surface area is 367 Å². The summed E-state index contributed by atoms with van der Waals surface area (Å²) in [5.74, 6) is 1.72. The maximum Gasteiger partial charge on any atom is 0.333 e. The minimum absolute atomic E-state index is 0.0154. The van der Waals surface area contributed by atoms with Crippen LogP contribution in [-0.4, -0.2) is 11.3 Å². The Morgan fingerprint density at radius 2 is 1.00 bits per heavy atom. The molecule has 0 bridgehead atoms. The zero-order chi connectivity index (χ0) is 42.9. The number of hydrogen-bond acceptors (Lipinski definition) is 2. The number of nitrogens with zero attached hydrogens (tertiary/aromatic N) is 2. The van der Waals surface area contributed by atoms with Crippen molar-refractivity contribution in [3.05, 3.63) is 186 Å². The lowest BCUT2D eigenvalue weighted by molar-refractivity contribution is 0.481. The third-order valence-corrected chi connectivity index (χ3v) is 13.4. The molecule has 11 rings (SSSR count). The van der Waals surface area contributed by atoms with Crippen molar-refractivity contribution < 1.29 is 4.74 Å². The minimum atomic E-state index is -0.201. The molecule has 0 unspecified atom stereocenters. The number of fused-ring (bicyclic) bond motifs is 7. The summed E-state index contributed by atoms with van der Waals surface area (Å²) in [6.07, 6.45) is 0. The van der Waals surface area contributed by atoms with Crippen LogP contribution < -0.4 is 15.1 Å². The summed E-state index contributed by atoms with van der Waals surface area (Å²) in [5, 5.41) is 1.28. The molecule has 304 valence electrons. The first-order valence-corrected chi connectivity index (χ1v) is 22.2. The van der Waals surface area contributed by atoms with Gasteiger partial charge in [-0.15, -0.1) is 0 Å². The van der Waals surface area contributed by atoms with E-state index in [0.29, 0.717) is 0 Å². The van der Waals surface area contributed by atoms with Gasteiger partial charge in [0.1, 0.15) is 11.5 Å². The number of anilines is 2. The van der Waals surface area contributed by atoms with Gasteiger partial charge in [-0.1, -0.05) is 172 Å². The van der Waals surface area contributed by atoms with Crippen LogP contribution in [0.5, 0.6) is 11.5 Å². The molecular weight excluding hydrogens is 751 g/mol. The Hall–Kier alpha value is -6.52. The molecule has 0 fully saturated rings. The van der Waals surface area contributed by atoms with Crippen molar-refractivity contribution in [3.8, 4) is 45.0 Å². The fourth-order valence-corrected chi connectivity index (χ4v) is 10.2. The quantitative estimate of drug-likeness (QED) is 0.166. The highest BCUT2D eigenvalue weighted by Gasteiger charge is 2.48. The van der Waals surface area contributed by atoms with Crippen LogP contribution in [0, 0.1) is 0 Å². The summed E-state index contributed by atoms with van der Waals surface area (Å²) >= 11 is 0. The molecule has 0 radical (unpaired) electrons. The molecule has 1 aromatic heterocycles. The minimum Gasteiger partial charge on any atom is -0.456 e. The summed E-state index contributed by atoms with van der Waals surface area (Å²) in [6.45, 7) is 20.8. The molecule has 0 amide bonds. The molecule has 0 atom stereocenters. The van der Waals surface area contributed by atoms with E-state index in [0.717, 1.165) is 34.0 Å². The lowest BCUT2D eigenvalue weighted by Crippen LogP contribution is -2.50. The van der Waals surface area contributed by atoms with Crippen LogP contribution in [-0.2, 0) is 16.2 Å². The average Bonchev–Trinajstić information content (AvgIpc) is 3.52. The summed E-state index contributed by atoms with van der Waals surface area (Å²) in [7, 11) is 0. The zero-order valence-corrected chi connectivity index (χ0v) is 37.4. The molecule has 0 aliphatic carbocycles. The molecule has 0 saturated heterocycles. The largest absolute Gasteiger partial charge is 0.456 e. The number of rotatable bonds is 3. The molecule has 62 heavy (non-hydrogen) atoms. The van der Waals surface area contributed by atoms with Crippen molar-refractivity contribution in [2.75, 3.05) is 4.90 Å². The number of benzene rings is 7. The second-order valence-electron chi connectivity index (χ2n) is 20.6. The van der Waals surface area contributed by atoms with Crippen LogP contribution >= 0.6 is 0 Å². The third kappa shape index (κ3) is 5.79. The Bertz CT molecular complexity index is 3130. The summed E-state index contributed by atoms with van der Waals surface area (Å²) in [6, 6.07) is 59.0. The van der Waals surface area contributed by atoms with Crippen LogP contribution in [0.15, 0.2) is 158 Å². The lowest BCUT2D eigenvalue weighted by Gasteiger charge is -2.43. The Balaban J connectivity index is 1.40. The van der Waals surface area contributed by atoms with E-state index >= 15 is 0 Å². The third-order valence-electron chi connectivity index (χ3n) is 13.4. The van der Waals surface area contributed by atoms with Crippen molar-refractivity contribution in [3.63, 3.8) is 0 Å². The first-order chi connectivity index (χ1) is 29.7. The first kappa shape index (κ1) is 38.4. The molecule has 4 heteroatoms. The van der Waals surface area contributed by atoms with Crippen LogP contribution in [0.1, 0.15) is 90.1 Å². The molecule has 3 nitrogen and oxygen atoms in total. The number of ether oxygens (including phenoxy) is 1. The van der Waals surface area contributed by atoms with Crippen molar-refractivity contribution in [1.82, 2.24) is 4.48 Å². The molecular formula is C58H53BN2O. The molecule has 0 N–H and O–H groups in total. The Morgan fingerprint density at radius 1 is 0.468 bits per heavy atom. The summed E-state index contributed by atoms with van der Waals surface area (Å²) in [4.78, 5) is 2.58. The van der Waals surface area contributed by atoms with E-state index < -0.39 is 0 Å². The van der Waals surface area contributed by atoms with Crippen LogP contribution in [0.4, 0.5) is 11.4 Å². The van der Waals surface area contributed by atoms with Gasteiger partial charge in [-0.3, -0.25) is 0 Å². The van der Waals surface area contributed by atoms with Gasteiger partial charge in [0.05, 0.1) is 5.70 Å². The van der Waals surface area contributed by atoms with Gasteiger partial charge in [0.15, 0.2) is 0 Å². The predicted molar refractivity (Wildman–Crippen MR) is 263 cm³/mol. The first-order valence-electron chi connectivity index (χ1n) is 22.2. The normalized spacial score (nSPS) is 14.2. The second-order valence-corrected chi connectivity index (χ2v) is 20.6. The van der Waals surface area contributed by atoms with E-state index in [4.69, 9.17) is 4.74 Å². The van der Waals surface area contributed by atoms with E-state index in [1.807, 2.05) is 0 Å². The van der Waals surface area contributed by atoms with Crippen LogP contribution in [0.2, 0.25) is 0 Å². The van der Waals surface area contributed by atoms with Gasteiger partial charge >= 0.3 is 6.85 Å². The van der Waals surface area contributed by atoms with E-state index in [2.05, 4.69) is 229 Å². The topological polar surface area (TPSA) is 17.4 Å². The fraction of sp³-hybridized carbons (Fsp3) is 0.207. The number of hydrogen-bond donors (Lipinski definition) is 0. The Morgan fingerprint density at radius 3 is 1.63 bits per heavy atom. The van der Waals surface area contributed by atoms with Gasteiger partial charge in [0.25, 0.3) is 0 Å². The van der Waals surface area contributed by atoms with Gasteiger partial charge < -0.3 is 14.1 Å². The molecule has 3 aliphatic heterocycles. The fourth-order valence-electron chi connectivity index (χ4n) is 10.2. The van der Waals surface area contributed by atoms with Gasteiger partial charge in [-0.25, -0.2) is 0 Å². The van der Waals surface area contributed by atoms with E-state index in [1.54, 1.807) is 0 Å². The molecule has 4 heterocycles. The van der Waals surface area contributed by atoms with E-state index in [9.17, 15) is 0 Å². The summed E-state index contributed by atoms with van der Waals surface area (Å²) in [5.41, 5.74) is 20.8. The van der Waals surface area contributed by atoms with Crippen LogP contribution in [0.3, 0.4) is 0 Å². The maximum absolute atomic E-state index is 7.07. The highest BCUT2D eigenvalue weighted by molar-refractivity contribution is 6.94. The second kappa shape index (κ2) is 13.5. The molecule has 0 saturated carbocycles. The number of para-hydroxylation sites is 2. The van der Waals surface area contributed by atoms with E-state index in [1.165, 1.54) is 77.7 Å². The van der Waals surface area contributed by atoms with Crippen molar-refractivity contribution in [1.29, 1.82) is 0 Å². The number of aromatic nitrogens is 1. The highest BCUT2D eigenvalue weighted by Crippen LogP contribution is 2.56. The standard InChI is InChI=1S/C58H53BN2O/c1-56(2,3)38-28-30-41(31-29-38)60-47-35-40(58(7,8)9)32-44-45-33-39(57(4,5)6)34-46-50(36-20-12-10-13-21-36)53(37-22-14-11-15-23-37)61(54(45)46)59(51(44)47)52-42-24-16-18-26-48(42)62-49-27-19-17-25-43(49)55(52)60/h10-35H,1-9H3. The lowest BCUT2D eigenvalue weighted by atomic mass is 9.42. The van der Waals surface area contributed by atoms with Gasteiger partial charge in [-0.05, 0) is 109 Å². The molecule has 3 aliphatic rings. The monoisotopic (exact) mass is 804 g/mol. The van der Waals surface area contributed by atoms with Gasteiger partial charge in [-0.2, -0.15) is 0 Å². The van der Waals surface area contributed by atoms with Crippen molar-refractivity contribution in [2.24, 2.45) is 0 Å². The van der Waals surface area contributed by atoms with Crippen LogP contribution in [0.25, 0.3) is 55.6 Å². The average molecular weight is 805 g/mol. The SMILES string of the molecule is CC(C)(C)c1ccc(N2C3=C(B4c5c(cc(C(C)(C)C)cc52)-c2cc(C(C)(C)C)cc5c(-c6ccccc6)c(-c6ccccc6)n4c25)c2ccccc2Oc2ccccc23)cc1. The molecule has 7 aromatic carbocycles. The van der Waals surface area contributed by atoms with E-state index in [-0.39, 0.29) is 23.1 Å². The zero-order valence-electron chi connectivity index (χ0n) is 37.4. The molecule has 0 spiro atoms. The summed E-state index contributed by atoms with van der Waals surface area (Å²) < 4.78 is 9.80. The smallest absolute Gasteiger partial charge is 0.333 e. The predicted octanol–water partition coefficient (Wildman–Crippen LogP) is 15.0. The van der Waals surface area contributed by atoms with Crippen molar-refractivity contribution >= 4 is 45.8 Å². The van der Waals surface area contributed by atoms with Gasteiger partial charge in [0.2, 0.25) is 0 Å². The molecule has 8 aromatic rings. The highest BCUT2D eigenvalue weighted by atomic mass is 16.5. The Kier molecular flexibility index (Phi) is 8.36.